The van der Waals surface area contributed by atoms with E-state index in [1.807, 2.05) is 48.6 Å². The number of amides is 11. The van der Waals surface area contributed by atoms with Gasteiger partial charge in [-0.25, -0.2) is 4.79 Å². The third kappa shape index (κ3) is 23.7. The van der Waals surface area contributed by atoms with Crippen molar-refractivity contribution >= 4 is 71.5 Å². The third-order valence-corrected chi connectivity index (χ3v) is 20.5. The number of nitrogens with zero attached hydrogens (tertiary/aromatic N) is 9. The number of carbonyl (C=O) groups is 12. The van der Waals surface area contributed by atoms with E-state index in [1.54, 1.807) is 79.5 Å². The number of likely N-dealkylation sites (tertiary alicyclic amines) is 1. The van der Waals surface area contributed by atoms with Crippen LogP contribution in [0.3, 0.4) is 0 Å². The quantitative estimate of drug-likeness (QED) is 0.0597. The molecule has 0 saturated carbocycles. The van der Waals surface area contributed by atoms with E-state index >= 15 is 28.8 Å². The molecule has 100 heavy (non-hydrogen) atoms. The Hall–Kier alpha value is -6.74. The number of aldehydes is 1. The maximum Gasteiger partial charge on any atom is 0.409 e. The lowest BCUT2D eigenvalue weighted by molar-refractivity contribution is -0.158. The lowest BCUT2D eigenvalue weighted by Gasteiger charge is -2.47. The van der Waals surface area contributed by atoms with E-state index < -0.39 is 161 Å². The first-order valence-electron chi connectivity index (χ1n) is 36.3. The first-order chi connectivity index (χ1) is 46.4. The second-order valence-electron chi connectivity index (χ2n) is 30.5. The van der Waals surface area contributed by atoms with Crippen molar-refractivity contribution in [3.63, 3.8) is 0 Å². The Kier molecular flexibility index (Phi) is 36.4. The molecule has 27 heteroatoms. The lowest BCUT2D eigenvalue weighted by atomic mass is 9.86. The Morgan fingerprint density at radius 3 is 1.60 bits per heavy atom. The molecule has 27 nitrogen and oxygen atoms in total. The molecule has 0 bridgehead atoms. The number of hydrogen-bond donors (Lipinski definition) is 5. The summed E-state index contributed by atoms with van der Waals surface area (Å²) >= 11 is 0. The first kappa shape index (κ1) is 89.3. The summed E-state index contributed by atoms with van der Waals surface area (Å²) in [6.07, 6.45) is 5.03. The van der Waals surface area contributed by atoms with Crippen LogP contribution in [0, 0.1) is 41.4 Å². The molecular formula is C73H131N13O14. The van der Waals surface area contributed by atoms with Gasteiger partial charge in [-0.05, 0) is 148 Å². The topological polar surface area (TPSA) is 312 Å². The second-order valence-corrected chi connectivity index (χ2v) is 30.5. The standard InChI is InChI=1S/C73H131N13O14/c1-27-29-31-48(13)61(88)60-64(91)76-54(28-2)67(94)79(19)52(17)66(93)86(26)73(42-87,49(14)32-30-39-100-72(99)80(20)53-35-37-78(18)38-36-53)77-58(46(9)10)70(97)81(21)55(34-33-43(3)4)63(90)74-50(15)62(89)75-51(16)65(92)82(22)56(40-44(5)6)68(95)83(23)57(41-45(7)8)69(96)84(24)59(47(11)12)71(98)85(60)25/h27,29,42-61,77,88H,28,30-41H2,1-26H3,(H,74,90)(H,75,89)(H,76,91)/b29-27+/t48-,49-,50+,51-,52-,54+,55+,56+,57+,58+,59+,60+,61-,73-/m1/s1. The van der Waals surface area contributed by atoms with Gasteiger partial charge in [0.25, 0.3) is 0 Å². The average Bonchev–Trinajstić information content (AvgIpc) is 0.791. The summed E-state index contributed by atoms with van der Waals surface area (Å²) in [4.78, 5) is 190. The van der Waals surface area contributed by atoms with E-state index in [0.717, 1.165) is 40.6 Å². The van der Waals surface area contributed by atoms with Crippen molar-refractivity contribution in [2.24, 2.45) is 41.4 Å². The lowest BCUT2D eigenvalue weighted by Crippen LogP contribution is -2.71. The van der Waals surface area contributed by atoms with Crippen LogP contribution in [0.15, 0.2) is 12.2 Å². The molecule has 572 valence electrons. The van der Waals surface area contributed by atoms with Crippen LogP contribution in [0.4, 0.5) is 4.79 Å². The van der Waals surface area contributed by atoms with Gasteiger partial charge in [-0.15, -0.1) is 0 Å². The Labute approximate surface area is 598 Å². The van der Waals surface area contributed by atoms with E-state index in [0.29, 0.717) is 12.7 Å². The van der Waals surface area contributed by atoms with Crippen molar-refractivity contribution < 1.29 is 67.4 Å². The number of carbonyl (C=O) groups excluding carboxylic acids is 12. The van der Waals surface area contributed by atoms with E-state index in [4.69, 9.17) is 4.74 Å². The van der Waals surface area contributed by atoms with Gasteiger partial charge in [0, 0.05) is 68.3 Å². The summed E-state index contributed by atoms with van der Waals surface area (Å²) in [5.74, 6) is -10.2. The highest BCUT2D eigenvalue weighted by atomic mass is 16.6. The molecule has 0 aromatic rings. The number of piperidine rings is 1. The molecular weight excluding hydrogens is 1280 g/mol. The van der Waals surface area contributed by atoms with Crippen molar-refractivity contribution in [3.8, 4) is 0 Å². The Morgan fingerprint density at radius 1 is 0.600 bits per heavy atom. The summed E-state index contributed by atoms with van der Waals surface area (Å²) in [6, 6.07) is -13.1. The molecule has 0 radical (unpaired) electrons. The SMILES string of the molecule is C/C=C/C[C@@H](C)[C@@H](O)[C@H]1C(=O)N[C@@H](CC)C(=O)N(C)[C@H](C)C(=O)N(C)[C@](C=O)([C@H](C)CCCOC(=O)N(C)C2CCN(C)CC2)N[C@@H](C(C)C)C(=O)N(C)[C@@H](CCC(C)C)C(=O)N[C@@H](C)C(=O)N[C@H](C)C(=O)N(C)[C@@H](CC(C)C)C(=O)N(C)[C@@H](CC(C)C)C(=O)N(C)[C@@H](C(C)C)C(=O)N1C. The number of likely N-dealkylation sites (N-methyl/N-ethyl adjacent to an activating group) is 7. The highest BCUT2D eigenvalue weighted by Gasteiger charge is 2.50. The molecule has 11 amide bonds. The van der Waals surface area contributed by atoms with Gasteiger partial charge >= 0.3 is 6.09 Å². The zero-order valence-corrected chi connectivity index (χ0v) is 65.7. The molecule has 2 fully saturated rings. The fraction of sp³-hybridized carbons (Fsp3) is 0.808. The van der Waals surface area contributed by atoms with Gasteiger partial charge in [0.05, 0.1) is 18.8 Å². The molecule has 14 atom stereocenters. The zero-order chi connectivity index (χ0) is 76.9. The van der Waals surface area contributed by atoms with Crippen molar-refractivity contribution in [2.45, 2.75) is 260 Å². The van der Waals surface area contributed by atoms with Gasteiger partial charge < -0.3 is 69.9 Å². The van der Waals surface area contributed by atoms with Crippen molar-refractivity contribution in [1.82, 2.24) is 65.4 Å². The van der Waals surface area contributed by atoms with Crippen molar-refractivity contribution in [2.75, 3.05) is 83.1 Å². The molecule has 2 aliphatic rings. The van der Waals surface area contributed by atoms with Crippen LogP contribution in [-0.4, -0.2) is 282 Å². The number of rotatable bonds is 21. The van der Waals surface area contributed by atoms with Gasteiger partial charge in [0.1, 0.15) is 54.4 Å². The van der Waals surface area contributed by atoms with Gasteiger partial charge in [0.2, 0.25) is 59.1 Å². The van der Waals surface area contributed by atoms with E-state index in [1.165, 1.54) is 89.7 Å². The molecule has 0 aromatic heterocycles. The molecule has 5 N–H and O–H groups in total. The Bertz CT molecular complexity index is 2780. The first-order valence-corrected chi connectivity index (χ1v) is 36.3. The van der Waals surface area contributed by atoms with Gasteiger partial charge in [-0.3, -0.25) is 58.1 Å². The minimum atomic E-state index is -2.05. The van der Waals surface area contributed by atoms with Gasteiger partial charge in [0.15, 0.2) is 11.9 Å². The summed E-state index contributed by atoms with van der Waals surface area (Å²) < 4.78 is 5.77. The minimum absolute atomic E-state index is 0.0180. The van der Waals surface area contributed by atoms with E-state index in [9.17, 15) is 33.9 Å². The smallest absolute Gasteiger partial charge is 0.409 e. The summed E-state index contributed by atoms with van der Waals surface area (Å²) in [6.45, 7) is 31.0. The molecule has 2 rings (SSSR count). The monoisotopic (exact) mass is 1410 g/mol. The van der Waals surface area contributed by atoms with E-state index in [2.05, 4.69) is 26.2 Å². The number of nitrogens with one attached hydrogen (secondary N) is 4. The van der Waals surface area contributed by atoms with Crippen LogP contribution >= 0.6 is 0 Å². The summed E-state index contributed by atoms with van der Waals surface area (Å²) in [7, 11) is 13.6. The largest absolute Gasteiger partial charge is 0.449 e. The Balaban J connectivity index is 3.09. The molecule has 0 unspecified atom stereocenters. The van der Waals surface area contributed by atoms with E-state index in [-0.39, 0.29) is 75.3 Å². The molecule has 2 saturated heterocycles. The highest BCUT2D eigenvalue weighted by Crippen LogP contribution is 2.30. The second kappa shape index (κ2) is 40.8. The highest BCUT2D eigenvalue weighted by molar-refractivity contribution is 5.99. The van der Waals surface area contributed by atoms with Crippen LogP contribution in [-0.2, 0) is 57.5 Å². The fourth-order valence-corrected chi connectivity index (χ4v) is 13.3. The van der Waals surface area contributed by atoms with Crippen LogP contribution in [0.5, 0.6) is 0 Å². The number of ether oxygens (including phenoxy) is 1. The maximum absolute atomic E-state index is 15.4. The van der Waals surface area contributed by atoms with Gasteiger partial charge in [-0.1, -0.05) is 102 Å². The predicted octanol–water partition coefficient (Wildman–Crippen LogP) is 4.58. The number of aliphatic hydroxyl groups is 1. The zero-order valence-electron chi connectivity index (χ0n) is 65.7. The molecule has 0 aliphatic carbocycles. The molecule has 0 aromatic carbocycles. The molecule has 0 spiro atoms. The predicted molar refractivity (Wildman–Crippen MR) is 386 cm³/mol. The third-order valence-electron chi connectivity index (χ3n) is 20.5. The average molecular weight is 1410 g/mol. The normalized spacial score (nSPS) is 27.5. The van der Waals surface area contributed by atoms with Crippen molar-refractivity contribution in [1.29, 1.82) is 0 Å². The summed E-state index contributed by atoms with van der Waals surface area (Å²) in [5.41, 5.74) is -2.05. The van der Waals surface area contributed by atoms with Crippen LogP contribution < -0.4 is 21.3 Å². The van der Waals surface area contributed by atoms with Crippen LogP contribution in [0.1, 0.15) is 182 Å². The maximum atomic E-state index is 15.4. The van der Waals surface area contributed by atoms with Crippen LogP contribution in [0.25, 0.3) is 0 Å². The fourth-order valence-electron chi connectivity index (χ4n) is 13.3. The molecule has 2 aliphatic heterocycles. The molecule has 2 heterocycles. The van der Waals surface area contributed by atoms with Crippen molar-refractivity contribution in [3.05, 3.63) is 12.2 Å². The van der Waals surface area contributed by atoms with Crippen LogP contribution in [0.2, 0.25) is 0 Å². The minimum Gasteiger partial charge on any atom is -0.449 e. The number of aliphatic hydroxyl groups excluding tert-OH is 1. The van der Waals surface area contributed by atoms with Gasteiger partial charge in [-0.2, -0.15) is 0 Å². The number of hydrogen-bond acceptors (Lipinski definition) is 16. The number of allylic oxidation sites excluding steroid dienone is 2. The Morgan fingerprint density at radius 2 is 1.11 bits per heavy atom. The summed E-state index contributed by atoms with van der Waals surface area (Å²) in [5, 5.41) is 23.8.